The summed E-state index contributed by atoms with van der Waals surface area (Å²) in [6.45, 7) is 0. The van der Waals surface area contributed by atoms with Crippen molar-refractivity contribution in [2.45, 2.75) is 24.7 Å². The van der Waals surface area contributed by atoms with Gasteiger partial charge in [0.25, 0.3) is 0 Å². The molecule has 0 unspecified atom stereocenters. The van der Waals surface area contributed by atoms with E-state index in [1.807, 2.05) is 0 Å². The summed E-state index contributed by atoms with van der Waals surface area (Å²) in [5.41, 5.74) is -14.4. The molecule has 2 aromatic heterocycles. The van der Waals surface area contributed by atoms with Crippen LogP contribution in [0.4, 0.5) is 52.7 Å². The number of halogens is 12. The first-order chi connectivity index (χ1) is 20.1. The Kier molecular flexibility index (Phi) is 8.39. The molecule has 0 bridgehead atoms. The summed E-state index contributed by atoms with van der Waals surface area (Å²) < 4.78 is 162. The van der Waals surface area contributed by atoms with Crippen LogP contribution >= 0.6 is 0 Å². The molecule has 3 aromatic rings. The Labute approximate surface area is 236 Å². The number of pyridine rings is 2. The van der Waals surface area contributed by atoms with E-state index in [0.29, 0.717) is 12.1 Å². The summed E-state index contributed by atoms with van der Waals surface area (Å²) in [6.07, 6.45) is -22.0. The van der Waals surface area contributed by atoms with Crippen molar-refractivity contribution >= 4 is 11.1 Å². The fourth-order valence-electron chi connectivity index (χ4n) is 3.73. The molecule has 0 saturated heterocycles. The predicted octanol–water partition coefficient (Wildman–Crippen LogP) is 6.28. The van der Waals surface area contributed by atoms with E-state index in [-0.39, 0.29) is 24.3 Å². The lowest BCUT2D eigenvalue weighted by molar-refractivity contribution is -0.151. The van der Waals surface area contributed by atoms with Gasteiger partial charge in [-0.1, -0.05) is 0 Å². The van der Waals surface area contributed by atoms with Gasteiger partial charge in [-0.05, 0) is 58.7 Å². The van der Waals surface area contributed by atoms with Gasteiger partial charge in [0.1, 0.15) is 58.2 Å². The minimum absolute atomic E-state index is 0.0538. The number of hydrogen-bond donors (Lipinski definition) is 0. The fourth-order valence-corrected chi connectivity index (χ4v) is 3.73. The van der Waals surface area contributed by atoms with Crippen molar-refractivity contribution in [2.75, 3.05) is 0 Å². The maximum absolute atomic E-state index is 13.5. The average Bonchev–Trinajstić information content (AvgIpc) is 2.92. The van der Waals surface area contributed by atoms with Crippen LogP contribution in [0.15, 0.2) is 36.4 Å². The van der Waals surface area contributed by atoms with Crippen molar-refractivity contribution < 1.29 is 52.7 Å². The van der Waals surface area contributed by atoms with Crippen LogP contribution in [0.3, 0.4) is 0 Å². The third kappa shape index (κ3) is 6.71. The molecule has 3 rings (SSSR count). The van der Waals surface area contributed by atoms with Gasteiger partial charge in [-0.15, -0.1) is 0 Å². The highest BCUT2D eigenvalue weighted by atomic mass is 19.4. The topological polar surface area (TPSA) is 121 Å². The molecular formula is C26H6F12N6. The summed E-state index contributed by atoms with van der Waals surface area (Å²) in [4.78, 5) is 5.04. The van der Waals surface area contributed by atoms with Crippen LogP contribution in [0.25, 0.3) is 33.4 Å². The van der Waals surface area contributed by atoms with Crippen molar-refractivity contribution in [3.63, 3.8) is 0 Å². The fraction of sp³-hybridized carbons (Fsp3) is 0.154. The maximum atomic E-state index is 13.5. The summed E-state index contributed by atoms with van der Waals surface area (Å²) in [6, 6.07) is 6.31. The minimum atomic E-state index is -5.49. The highest BCUT2D eigenvalue weighted by Crippen LogP contribution is 2.38. The molecule has 0 amide bonds. The van der Waals surface area contributed by atoms with Crippen LogP contribution in [-0.2, 0) is 24.7 Å². The molecule has 18 heteroatoms. The third-order valence-electron chi connectivity index (χ3n) is 5.58. The quantitative estimate of drug-likeness (QED) is 0.308. The van der Waals surface area contributed by atoms with Crippen molar-refractivity contribution in [1.82, 2.24) is 9.97 Å². The minimum Gasteiger partial charge on any atom is -0.239 e. The lowest BCUT2D eigenvalue weighted by Gasteiger charge is -2.16. The monoisotopic (exact) mass is 630 g/mol. The number of nitrogens with zero attached hydrogens (tertiary/aromatic N) is 6. The van der Waals surface area contributed by atoms with Gasteiger partial charge in [0.2, 0.25) is 0 Å². The van der Waals surface area contributed by atoms with Crippen LogP contribution < -0.4 is 10.4 Å². The molecule has 0 atom stereocenters. The summed E-state index contributed by atoms with van der Waals surface area (Å²) in [5, 5.41) is 36.1. The Balaban J connectivity index is 2.71. The van der Waals surface area contributed by atoms with Gasteiger partial charge in [-0.3, -0.25) is 0 Å². The van der Waals surface area contributed by atoms with Crippen LogP contribution in [-0.4, -0.2) is 9.97 Å². The number of hydrogen-bond acceptors (Lipinski definition) is 6. The molecule has 0 aliphatic heterocycles. The van der Waals surface area contributed by atoms with Crippen molar-refractivity contribution in [2.24, 2.45) is 0 Å². The van der Waals surface area contributed by atoms with Gasteiger partial charge in [-0.2, -0.15) is 73.7 Å². The lowest BCUT2D eigenvalue weighted by Crippen LogP contribution is -2.22. The van der Waals surface area contributed by atoms with Crippen LogP contribution in [0.5, 0.6) is 0 Å². The molecule has 0 N–H and O–H groups in total. The highest BCUT2D eigenvalue weighted by Gasteiger charge is 2.40. The Morgan fingerprint density at radius 1 is 0.432 bits per heavy atom. The number of benzene rings is 1. The molecule has 0 aliphatic carbocycles. The van der Waals surface area contributed by atoms with Crippen molar-refractivity contribution in [1.29, 1.82) is 21.0 Å². The first kappa shape index (κ1) is 32.9. The smallest absolute Gasteiger partial charge is 0.239 e. The number of alkyl halides is 12. The van der Waals surface area contributed by atoms with Gasteiger partial charge in [0.15, 0.2) is 0 Å². The molecule has 0 spiro atoms. The first-order valence-electron chi connectivity index (χ1n) is 11.0. The van der Waals surface area contributed by atoms with E-state index in [9.17, 15) is 73.7 Å². The molecule has 44 heavy (non-hydrogen) atoms. The zero-order valence-electron chi connectivity index (χ0n) is 20.7. The summed E-state index contributed by atoms with van der Waals surface area (Å²) in [5.74, 6) is 0. The molecule has 0 radical (unpaired) electrons. The van der Waals surface area contributed by atoms with E-state index in [4.69, 9.17) is 0 Å². The molecule has 2 heterocycles. The van der Waals surface area contributed by atoms with Crippen molar-refractivity contribution in [3.05, 3.63) is 69.6 Å². The van der Waals surface area contributed by atoms with Gasteiger partial charge in [0.05, 0.1) is 0 Å². The Morgan fingerprint density at radius 2 is 0.659 bits per heavy atom. The van der Waals surface area contributed by atoms with E-state index in [0.717, 1.165) is 0 Å². The maximum Gasteiger partial charge on any atom is 0.433 e. The Morgan fingerprint density at radius 3 is 0.841 bits per heavy atom. The second-order valence-electron chi connectivity index (χ2n) is 8.38. The van der Waals surface area contributed by atoms with E-state index >= 15 is 0 Å². The number of aromatic nitrogens is 2. The van der Waals surface area contributed by atoms with Crippen LogP contribution in [0.1, 0.15) is 22.8 Å². The van der Waals surface area contributed by atoms with Crippen LogP contribution in [0.2, 0.25) is 0 Å². The van der Waals surface area contributed by atoms with E-state index in [1.165, 1.54) is 24.3 Å². The first-order valence-corrected chi connectivity index (χ1v) is 11.0. The van der Waals surface area contributed by atoms with Gasteiger partial charge in [-0.25, -0.2) is 9.97 Å². The molecule has 0 fully saturated rings. The molecule has 0 saturated carbocycles. The molecule has 6 nitrogen and oxygen atoms in total. The van der Waals surface area contributed by atoms with Gasteiger partial charge >= 0.3 is 24.7 Å². The second kappa shape index (κ2) is 11.2. The normalized spacial score (nSPS) is 12.0. The zero-order chi connectivity index (χ0) is 33.4. The standard InChI is InChI=1S/C26H6F12N6/c27-23(28,29)19-1-11(2-20(43-19)24(30,31)32)15-5-18(14(9-41)10-42)16(6-17(15)13(7-39)8-40)12-3-21(25(33,34)35)44-22(4-12)26(36,37)38/h1-6H. The highest BCUT2D eigenvalue weighted by molar-refractivity contribution is 5.85. The Bertz CT molecular complexity index is 1720. The van der Waals surface area contributed by atoms with E-state index in [2.05, 4.69) is 9.97 Å². The molecular weight excluding hydrogens is 624 g/mol. The molecule has 1 aromatic carbocycles. The predicted molar refractivity (Wildman–Crippen MR) is 121 cm³/mol. The van der Waals surface area contributed by atoms with Crippen LogP contribution in [0, 0.1) is 45.3 Å². The van der Waals surface area contributed by atoms with Gasteiger partial charge < -0.3 is 0 Å². The summed E-state index contributed by atoms with van der Waals surface area (Å²) >= 11 is 0. The van der Waals surface area contributed by atoms with E-state index in [1.54, 1.807) is 0 Å². The second-order valence-corrected chi connectivity index (χ2v) is 8.38. The molecule has 224 valence electrons. The van der Waals surface area contributed by atoms with Crippen molar-refractivity contribution in [3.8, 4) is 46.5 Å². The number of nitriles is 4. The largest absolute Gasteiger partial charge is 0.433 e. The van der Waals surface area contributed by atoms with Gasteiger partial charge in [0, 0.05) is 10.4 Å². The third-order valence-corrected chi connectivity index (χ3v) is 5.58. The Hall–Kier alpha value is -5.62. The average molecular weight is 630 g/mol. The zero-order valence-corrected chi connectivity index (χ0v) is 20.7. The number of rotatable bonds is 2. The SMILES string of the molecule is N#CC(C#N)=c1cc(-c2cc(C(F)(F)F)nc(C(F)(F)F)c2)c(=C(C#N)C#N)cc1-c1cc(C(F)(F)F)nc(C(F)(F)F)c1. The van der Waals surface area contributed by atoms with E-state index < -0.39 is 91.3 Å². The lowest BCUT2D eigenvalue weighted by atomic mass is 9.92. The summed E-state index contributed by atoms with van der Waals surface area (Å²) in [7, 11) is 0. The molecule has 0 aliphatic rings.